The van der Waals surface area contributed by atoms with Crippen LogP contribution in [0.2, 0.25) is 0 Å². The van der Waals surface area contributed by atoms with Crippen molar-refractivity contribution in [2.45, 2.75) is 26.8 Å². The zero-order valence-corrected chi connectivity index (χ0v) is 18.8. The lowest BCUT2D eigenvalue weighted by Crippen LogP contribution is -2.53. The van der Waals surface area contributed by atoms with Crippen LogP contribution in [0.4, 0.5) is 4.39 Å². The van der Waals surface area contributed by atoms with Crippen molar-refractivity contribution in [1.29, 1.82) is 5.26 Å². The van der Waals surface area contributed by atoms with Gasteiger partial charge in [0.1, 0.15) is 11.9 Å². The van der Waals surface area contributed by atoms with Crippen molar-refractivity contribution >= 4 is 5.91 Å². The SMILES string of the molecule is CCN1CCN(C(=O)c2ccc(-n3ncc(-c4cc(F)c(C#N)cc4C)c3O)nc2)C[C@H]1C. The largest absolute Gasteiger partial charge is 0.493 e. The van der Waals surface area contributed by atoms with Gasteiger partial charge >= 0.3 is 0 Å². The van der Waals surface area contributed by atoms with E-state index >= 15 is 0 Å². The van der Waals surface area contributed by atoms with Crippen LogP contribution in [0.15, 0.2) is 36.7 Å². The molecule has 1 aliphatic heterocycles. The van der Waals surface area contributed by atoms with Crippen molar-refractivity contribution in [3.05, 3.63) is 59.2 Å². The van der Waals surface area contributed by atoms with Crippen LogP contribution in [-0.4, -0.2) is 67.8 Å². The number of pyridine rings is 1. The molecule has 8 nitrogen and oxygen atoms in total. The Morgan fingerprint density at radius 1 is 1.27 bits per heavy atom. The number of likely N-dealkylation sites (N-methyl/N-ethyl adjacent to an activating group) is 1. The second kappa shape index (κ2) is 9.00. The molecular weight excluding hydrogens is 423 g/mol. The van der Waals surface area contributed by atoms with Crippen molar-refractivity contribution in [2.75, 3.05) is 26.2 Å². The third-order valence-electron chi connectivity index (χ3n) is 6.14. The molecule has 0 aliphatic carbocycles. The maximum absolute atomic E-state index is 14.1. The van der Waals surface area contributed by atoms with Gasteiger partial charge in [0.15, 0.2) is 5.82 Å². The lowest BCUT2D eigenvalue weighted by atomic mass is 10.0. The van der Waals surface area contributed by atoms with E-state index in [0.717, 1.165) is 13.1 Å². The molecule has 1 N–H and O–H groups in total. The van der Waals surface area contributed by atoms with Gasteiger partial charge < -0.3 is 10.0 Å². The fourth-order valence-electron chi connectivity index (χ4n) is 4.23. The Balaban J connectivity index is 1.56. The highest BCUT2D eigenvalue weighted by molar-refractivity contribution is 5.94. The molecule has 1 amide bonds. The first kappa shape index (κ1) is 22.4. The molecule has 0 bridgehead atoms. The lowest BCUT2D eigenvalue weighted by molar-refractivity contribution is 0.0528. The average Bonchev–Trinajstić information content (AvgIpc) is 3.20. The average molecular weight is 449 g/mol. The Kier molecular flexibility index (Phi) is 6.11. The summed E-state index contributed by atoms with van der Waals surface area (Å²) >= 11 is 0. The standard InChI is InChI=1S/C24H25FN6O2/c1-4-29-7-8-30(14-16(29)3)23(32)17-5-6-22(27-12-17)31-24(33)20(13-28-31)19-10-21(25)18(11-26)9-15(19)2/h5-6,9-10,12-13,16,33H,4,7-8,14H2,1-3H3/t16-/m1/s1. The number of rotatable bonds is 4. The van der Waals surface area contributed by atoms with E-state index in [0.29, 0.717) is 47.2 Å². The number of aromatic nitrogens is 3. The molecule has 0 unspecified atom stereocenters. The zero-order chi connectivity index (χ0) is 23.7. The summed E-state index contributed by atoms with van der Waals surface area (Å²) in [5.41, 5.74) is 1.79. The van der Waals surface area contributed by atoms with E-state index in [1.165, 1.54) is 29.2 Å². The molecule has 2 aromatic heterocycles. The van der Waals surface area contributed by atoms with Gasteiger partial charge in [-0.1, -0.05) is 6.92 Å². The third-order valence-corrected chi connectivity index (χ3v) is 6.14. The van der Waals surface area contributed by atoms with Gasteiger partial charge in [0.2, 0.25) is 5.88 Å². The minimum Gasteiger partial charge on any atom is -0.493 e. The number of benzene rings is 1. The highest BCUT2D eigenvalue weighted by Gasteiger charge is 2.26. The van der Waals surface area contributed by atoms with E-state index in [4.69, 9.17) is 5.26 Å². The van der Waals surface area contributed by atoms with Gasteiger partial charge in [0.25, 0.3) is 5.91 Å². The molecule has 1 atom stereocenters. The van der Waals surface area contributed by atoms with Crippen LogP contribution in [0.5, 0.6) is 5.88 Å². The Labute approximate surface area is 191 Å². The topological polar surface area (TPSA) is 98.3 Å². The van der Waals surface area contributed by atoms with Crippen LogP contribution < -0.4 is 0 Å². The van der Waals surface area contributed by atoms with Crippen molar-refractivity contribution in [3.63, 3.8) is 0 Å². The van der Waals surface area contributed by atoms with E-state index in [9.17, 15) is 14.3 Å². The number of carbonyl (C=O) groups excluding carboxylic acids is 1. The van der Waals surface area contributed by atoms with Gasteiger partial charge in [0, 0.05) is 31.9 Å². The molecule has 3 heterocycles. The second-order valence-corrected chi connectivity index (χ2v) is 8.19. The number of nitrogens with zero attached hydrogens (tertiary/aromatic N) is 6. The summed E-state index contributed by atoms with van der Waals surface area (Å²) in [5, 5.41) is 23.9. The smallest absolute Gasteiger partial charge is 0.255 e. The molecule has 0 spiro atoms. The summed E-state index contributed by atoms with van der Waals surface area (Å²) in [6, 6.07) is 8.02. The highest BCUT2D eigenvalue weighted by Crippen LogP contribution is 2.34. The quantitative estimate of drug-likeness (QED) is 0.659. The van der Waals surface area contributed by atoms with Crippen molar-refractivity contribution < 1.29 is 14.3 Å². The molecule has 0 saturated carbocycles. The predicted octanol–water partition coefficient (Wildman–Crippen LogP) is 3.13. The molecule has 1 aromatic carbocycles. The van der Waals surface area contributed by atoms with Gasteiger partial charge in [-0.3, -0.25) is 9.69 Å². The van der Waals surface area contributed by atoms with E-state index in [1.54, 1.807) is 25.1 Å². The molecule has 0 radical (unpaired) electrons. The highest BCUT2D eigenvalue weighted by atomic mass is 19.1. The minimum absolute atomic E-state index is 0.0597. The monoisotopic (exact) mass is 448 g/mol. The summed E-state index contributed by atoms with van der Waals surface area (Å²) in [6.07, 6.45) is 2.89. The second-order valence-electron chi connectivity index (χ2n) is 8.19. The van der Waals surface area contributed by atoms with Crippen LogP contribution >= 0.6 is 0 Å². The molecule has 3 aromatic rings. The number of hydrogen-bond acceptors (Lipinski definition) is 6. The number of carbonyl (C=O) groups is 1. The fraction of sp³-hybridized carbons (Fsp3) is 0.333. The normalized spacial score (nSPS) is 16.6. The van der Waals surface area contributed by atoms with Crippen molar-refractivity contribution in [3.8, 4) is 28.9 Å². The Morgan fingerprint density at radius 2 is 2.06 bits per heavy atom. The Morgan fingerprint density at radius 3 is 2.70 bits per heavy atom. The first-order valence-electron chi connectivity index (χ1n) is 10.8. The Hall–Kier alpha value is -3.77. The summed E-state index contributed by atoms with van der Waals surface area (Å²) < 4.78 is 15.4. The van der Waals surface area contributed by atoms with Crippen LogP contribution in [-0.2, 0) is 0 Å². The summed E-state index contributed by atoms with van der Waals surface area (Å²) in [5.74, 6) is -0.629. The van der Waals surface area contributed by atoms with Crippen LogP contribution in [0.25, 0.3) is 16.9 Å². The lowest BCUT2D eigenvalue weighted by Gasteiger charge is -2.39. The molecule has 4 rings (SSSR count). The number of aryl methyl sites for hydroxylation is 1. The summed E-state index contributed by atoms with van der Waals surface area (Å²) in [7, 11) is 0. The molecule has 9 heteroatoms. The van der Waals surface area contributed by atoms with E-state index < -0.39 is 5.82 Å². The number of aromatic hydroxyl groups is 1. The number of nitriles is 1. The van der Waals surface area contributed by atoms with Gasteiger partial charge in [-0.15, -0.1) is 0 Å². The molecular formula is C24H25FN6O2. The summed E-state index contributed by atoms with van der Waals surface area (Å²) in [4.78, 5) is 21.4. The first-order chi connectivity index (χ1) is 15.8. The van der Waals surface area contributed by atoms with Crippen molar-refractivity contribution in [1.82, 2.24) is 24.6 Å². The van der Waals surface area contributed by atoms with Crippen molar-refractivity contribution in [2.24, 2.45) is 0 Å². The maximum Gasteiger partial charge on any atom is 0.255 e. The van der Waals surface area contributed by atoms with E-state index in [-0.39, 0.29) is 17.4 Å². The first-order valence-corrected chi connectivity index (χ1v) is 10.8. The number of hydrogen-bond donors (Lipinski definition) is 1. The maximum atomic E-state index is 14.1. The number of amides is 1. The van der Waals surface area contributed by atoms with Gasteiger partial charge in [-0.2, -0.15) is 15.0 Å². The summed E-state index contributed by atoms with van der Waals surface area (Å²) in [6.45, 7) is 9.10. The predicted molar refractivity (Wildman–Crippen MR) is 120 cm³/mol. The van der Waals surface area contributed by atoms with Gasteiger partial charge in [-0.25, -0.2) is 9.37 Å². The van der Waals surface area contributed by atoms with Crippen LogP contribution in [0.1, 0.15) is 35.3 Å². The molecule has 170 valence electrons. The van der Waals surface area contributed by atoms with E-state index in [2.05, 4.69) is 28.8 Å². The number of piperazine rings is 1. The fourth-order valence-corrected chi connectivity index (χ4v) is 4.23. The molecule has 1 aliphatic rings. The van der Waals surface area contributed by atoms with Gasteiger partial charge in [-0.05, 0) is 55.8 Å². The number of halogens is 1. The van der Waals surface area contributed by atoms with E-state index in [1.807, 2.05) is 4.90 Å². The zero-order valence-electron chi connectivity index (χ0n) is 18.8. The molecule has 1 fully saturated rings. The van der Waals surface area contributed by atoms with Crippen LogP contribution in [0, 0.1) is 24.1 Å². The Bertz CT molecular complexity index is 1230. The molecule has 33 heavy (non-hydrogen) atoms. The van der Waals surface area contributed by atoms with Crippen LogP contribution in [0.3, 0.4) is 0 Å². The minimum atomic E-state index is -0.666. The third kappa shape index (κ3) is 4.17. The molecule has 1 saturated heterocycles. The van der Waals surface area contributed by atoms with Gasteiger partial charge in [0.05, 0.1) is 22.9 Å².